The highest BCUT2D eigenvalue weighted by Crippen LogP contribution is 2.41. The van der Waals surface area contributed by atoms with Crippen LogP contribution in [-0.4, -0.2) is 61.3 Å². The number of halogens is 2. The molecule has 4 N–H and O–H groups in total. The van der Waals surface area contributed by atoms with Crippen molar-refractivity contribution >= 4 is 22.4 Å². The van der Waals surface area contributed by atoms with Gasteiger partial charge in [-0.2, -0.15) is 8.78 Å². The molecule has 3 rings (SSSR count). The molecule has 0 radical (unpaired) electrons. The van der Waals surface area contributed by atoms with E-state index in [0.29, 0.717) is 66.0 Å². The molecule has 0 saturated heterocycles. The fourth-order valence-corrected chi connectivity index (χ4v) is 3.81. The second-order valence-corrected chi connectivity index (χ2v) is 9.51. The minimum Gasteiger partial charge on any atom is -0.487 e. The number of nitrogen functional groups attached to an aromatic ring is 1. The van der Waals surface area contributed by atoms with Crippen molar-refractivity contribution in [2.45, 2.75) is 45.3 Å². The third-order valence-electron chi connectivity index (χ3n) is 5.92. The van der Waals surface area contributed by atoms with Gasteiger partial charge < -0.3 is 35.1 Å². The topological polar surface area (TPSA) is 121 Å². The summed E-state index contributed by atoms with van der Waals surface area (Å²) in [6.07, 6.45) is 0. The summed E-state index contributed by atoms with van der Waals surface area (Å²) in [6.45, 7) is 7.10. The molecular formula is C27H36F2N4O5. The Hall–Kier alpha value is -3.28. The average molecular weight is 535 g/mol. The van der Waals surface area contributed by atoms with Gasteiger partial charge in [0.2, 0.25) is 0 Å². The molecule has 0 fully saturated rings. The van der Waals surface area contributed by atoms with E-state index in [1.165, 1.54) is 12.1 Å². The summed E-state index contributed by atoms with van der Waals surface area (Å²) in [7, 11) is 3.17. The normalized spacial score (nSPS) is 13.0. The van der Waals surface area contributed by atoms with Gasteiger partial charge in [-0.15, -0.1) is 0 Å². The van der Waals surface area contributed by atoms with Crippen molar-refractivity contribution in [3.63, 3.8) is 0 Å². The number of alkyl halides is 2. The molecular weight excluding hydrogens is 498 g/mol. The molecule has 38 heavy (non-hydrogen) atoms. The minimum atomic E-state index is -3.51. The fourth-order valence-electron chi connectivity index (χ4n) is 3.81. The lowest BCUT2D eigenvalue weighted by atomic mass is 9.91. The Labute approximate surface area is 221 Å². The largest absolute Gasteiger partial charge is 0.487 e. The average Bonchev–Trinajstić information content (AvgIpc) is 2.83. The van der Waals surface area contributed by atoms with Crippen molar-refractivity contribution in [1.29, 1.82) is 0 Å². The lowest BCUT2D eigenvalue weighted by molar-refractivity contribution is -0.168. The first-order valence-corrected chi connectivity index (χ1v) is 12.2. The Kier molecular flexibility index (Phi) is 9.29. The molecule has 11 heteroatoms. The van der Waals surface area contributed by atoms with E-state index in [1.807, 2.05) is 6.92 Å². The highest BCUT2D eigenvalue weighted by Gasteiger charge is 2.47. The number of aryl methyl sites for hydroxylation is 1. The van der Waals surface area contributed by atoms with Crippen molar-refractivity contribution in [1.82, 2.24) is 9.97 Å². The van der Waals surface area contributed by atoms with Crippen LogP contribution in [0.5, 0.6) is 11.5 Å². The number of nitrogens with one attached hydrogen (secondary N) is 1. The molecule has 0 aliphatic carbocycles. The van der Waals surface area contributed by atoms with Gasteiger partial charge >= 0.3 is 5.92 Å². The lowest BCUT2D eigenvalue weighted by Gasteiger charge is -2.30. The molecule has 0 spiro atoms. The summed E-state index contributed by atoms with van der Waals surface area (Å²) in [6, 6.07) is 7.19. The van der Waals surface area contributed by atoms with Gasteiger partial charge in [-0.1, -0.05) is 0 Å². The van der Waals surface area contributed by atoms with Crippen molar-refractivity contribution in [2.24, 2.45) is 0 Å². The summed E-state index contributed by atoms with van der Waals surface area (Å²) in [4.78, 5) is 9.10. The van der Waals surface area contributed by atoms with Crippen LogP contribution in [0.25, 0.3) is 10.9 Å². The molecule has 0 saturated carbocycles. The molecule has 1 heterocycles. The number of nitrogens with zero attached hydrogens (tertiary/aromatic N) is 2. The molecule has 208 valence electrons. The second kappa shape index (κ2) is 12.1. The fraction of sp³-hybridized carbons (Fsp3) is 0.481. The van der Waals surface area contributed by atoms with Gasteiger partial charge in [0.15, 0.2) is 11.5 Å². The minimum absolute atomic E-state index is 0.158. The predicted octanol–water partition coefficient (Wildman–Crippen LogP) is 4.61. The SMILES string of the molecule is COCCOc1cc2nc(C)nc(N[C@H](C)c3cc(N)cc(C(F)(F)C(C)(C)O)c3)c2cc1OCCOC. The van der Waals surface area contributed by atoms with Crippen LogP contribution in [-0.2, 0) is 15.4 Å². The molecule has 0 unspecified atom stereocenters. The van der Waals surface area contributed by atoms with E-state index in [0.717, 1.165) is 13.8 Å². The maximum absolute atomic E-state index is 14.9. The van der Waals surface area contributed by atoms with Crippen molar-refractivity contribution < 1.29 is 32.8 Å². The Morgan fingerprint density at radius 3 is 2.13 bits per heavy atom. The Morgan fingerprint density at radius 1 is 0.947 bits per heavy atom. The van der Waals surface area contributed by atoms with E-state index in [1.54, 1.807) is 39.3 Å². The van der Waals surface area contributed by atoms with Gasteiger partial charge in [0.1, 0.15) is 30.5 Å². The number of ether oxygens (including phenoxy) is 4. The number of anilines is 2. The molecule has 1 atom stereocenters. The number of benzene rings is 2. The molecule has 9 nitrogen and oxygen atoms in total. The summed E-state index contributed by atoms with van der Waals surface area (Å²) in [5, 5.41) is 14.0. The molecule has 0 bridgehead atoms. The van der Waals surface area contributed by atoms with Crippen molar-refractivity contribution in [2.75, 3.05) is 51.7 Å². The number of aromatic nitrogens is 2. The van der Waals surface area contributed by atoms with Crippen LogP contribution >= 0.6 is 0 Å². The zero-order valence-electron chi connectivity index (χ0n) is 22.6. The third-order valence-corrected chi connectivity index (χ3v) is 5.92. The predicted molar refractivity (Wildman–Crippen MR) is 142 cm³/mol. The number of nitrogens with two attached hydrogens (primary N) is 1. The maximum Gasteiger partial charge on any atom is 0.300 e. The van der Waals surface area contributed by atoms with E-state index >= 15 is 0 Å². The molecule has 2 aromatic carbocycles. The summed E-state index contributed by atoms with van der Waals surface area (Å²) >= 11 is 0. The number of fused-ring (bicyclic) bond motifs is 1. The monoisotopic (exact) mass is 534 g/mol. The highest BCUT2D eigenvalue weighted by molar-refractivity contribution is 5.92. The summed E-state index contributed by atoms with van der Waals surface area (Å²) < 4.78 is 51.7. The zero-order chi connectivity index (χ0) is 28.1. The number of methoxy groups -OCH3 is 2. The Balaban J connectivity index is 2.01. The lowest BCUT2D eigenvalue weighted by Crippen LogP contribution is -2.40. The summed E-state index contributed by atoms with van der Waals surface area (Å²) in [5.41, 5.74) is 4.61. The molecule has 1 aromatic heterocycles. The van der Waals surface area contributed by atoms with E-state index in [-0.39, 0.29) is 11.3 Å². The van der Waals surface area contributed by atoms with Gasteiger partial charge in [0, 0.05) is 36.9 Å². The third kappa shape index (κ3) is 6.77. The van der Waals surface area contributed by atoms with Crippen molar-refractivity contribution in [3.05, 3.63) is 47.3 Å². The number of hydrogen-bond donors (Lipinski definition) is 3. The van der Waals surface area contributed by atoms with Crippen LogP contribution < -0.4 is 20.5 Å². The number of hydrogen-bond acceptors (Lipinski definition) is 9. The first kappa shape index (κ1) is 29.3. The van der Waals surface area contributed by atoms with Crippen molar-refractivity contribution in [3.8, 4) is 11.5 Å². The standard InChI is InChI=1S/C27H36F2N4O5/c1-16(18-11-19(13-20(30)12-18)27(28,29)26(3,4)34)31-25-21-14-23(37-9-7-35-5)24(38-10-8-36-6)15-22(21)32-17(2)33-25/h11-16,34H,7-10,30H2,1-6H3,(H,31,32,33)/t16-/m1/s1. The van der Waals surface area contributed by atoms with Crippen LogP contribution in [0.4, 0.5) is 20.3 Å². The number of rotatable bonds is 13. The van der Waals surface area contributed by atoms with Gasteiger partial charge in [0.05, 0.1) is 24.8 Å². The van der Waals surface area contributed by atoms with E-state index in [4.69, 9.17) is 24.7 Å². The van der Waals surface area contributed by atoms with E-state index in [2.05, 4.69) is 15.3 Å². The quantitative estimate of drug-likeness (QED) is 0.213. The molecule has 0 aliphatic heterocycles. The van der Waals surface area contributed by atoms with Gasteiger partial charge in [-0.05, 0) is 57.5 Å². The Bertz CT molecular complexity index is 1250. The maximum atomic E-state index is 14.9. The smallest absolute Gasteiger partial charge is 0.300 e. The van der Waals surface area contributed by atoms with Crippen LogP contribution in [0.2, 0.25) is 0 Å². The number of aliphatic hydroxyl groups is 1. The van der Waals surface area contributed by atoms with Crippen LogP contribution in [0.15, 0.2) is 30.3 Å². The van der Waals surface area contributed by atoms with Gasteiger partial charge in [-0.25, -0.2) is 9.97 Å². The molecule has 3 aromatic rings. The van der Waals surface area contributed by atoms with Gasteiger partial charge in [-0.3, -0.25) is 0 Å². The van der Waals surface area contributed by atoms with Gasteiger partial charge in [0.25, 0.3) is 0 Å². The van der Waals surface area contributed by atoms with E-state index in [9.17, 15) is 13.9 Å². The second-order valence-electron chi connectivity index (χ2n) is 9.51. The highest BCUT2D eigenvalue weighted by atomic mass is 19.3. The van der Waals surface area contributed by atoms with Crippen LogP contribution in [0.1, 0.15) is 43.8 Å². The first-order chi connectivity index (χ1) is 17.9. The molecule has 0 aliphatic rings. The first-order valence-electron chi connectivity index (χ1n) is 12.2. The summed E-state index contributed by atoms with van der Waals surface area (Å²) in [5.74, 6) is -1.55. The zero-order valence-corrected chi connectivity index (χ0v) is 22.6. The van der Waals surface area contributed by atoms with Crippen LogP contribution in [0, 0.1) is 6.92 Å². The van der Waals surface area contributed by atoms with Crippen LogP contribution in [0.3, 0.4) is 0 Å². The van der Waals surface area contributed by atoms with E-state index < -0.39 is 17.6 Å². The Morgan fingerprint density at radius 2 is 1.55 bits per heavy atom. The molecule has 0 amide bonds.